The summed E-state index contributed by atoms with van der Waals surface area (Å²) in [6, 6.07) is 8.03. The summed E-state index contributed by atoms with van der Waals surface area (Å²) in [7, 11) is 0. The Morgan fingerprint density at radius 1 is 1.45 bits per heavy atom. The average molecular weight is 152 g/mol. The second kappa shape index (κ2) is 3.98. The Morgan fingerprint density at radius 3 is 2.91 bits per heavy atom. The van der Waals surface area contributed by atoms with Gasteiger partial charge in [0.25, 0.3) is 0 Å². The van der Waals surface area contributed by atoms with Crippen LogP contribution in [0.2, 0.25) is 0 Å². The third kappa shape index (κ3) is 2.24. The molecule has 0 radical (unpaired) electrons. The van der Waals surface area contributed by atoms with Gasteiger partial charge >= 0.3 is 0 Å². The predicted molar refractivity (Wildman–Crippen MR) is 44.2 cm³/mol. The molecule has 0 spiro atoms. The van der Waals surface area contributed by atoms with E-state index in [4.69, 9.17) is 4.74 Å². The van der Waals surface area contributed by atoms with Gasteiger partial charge in [0, 0.05) is 5.56 Å². The van der Waals surface area contributed by atoms with Crippen molar-refractivity contribution < 1.29 is 10.5 Å². The molecule has 0 saturated carbocycles. The second-order valence-corrected chi connectivity index (χ2v) is 2.33. The molecule has 0 amide bonds. The lowest BCUT2D eigenvalue weighted by Crippen LogP contribution is -2.47. The molecule has 0 bridgehead atoms. The van der Waals surface area contributed by atoms with Crippen molar-refractivity contribution in [2.24, 2.45) is 0 Å². The van der Waals surface area contributed by atoms with Crippen LogP contribution in [0.25, 0.3) is 0 Å². The first kappa shape index (κ1) is 8.08. The molecule has 0 fully saturated rings. The molecule has 2 heteroatoms. The lowest BCUT2D eigenvalue weighted by molar-refractivity contribution is -0.386. The van der Waals surface area contributed by atoms with Gasteiger partial charge in [0.1, 0.15) is 5.75 Å². The lowest BCUT2D eigenvalue weighted by atomic mass is 10.2. The van der Waals surface area contributed by atoms with Crippen LogP contribution in [-0.4, -0.2) is 6.61 Å². The molecule has 1 aromatic carbocycles. The third-order valence-electron chi connectivity index (χ3n) is 1.50. The smallest absolute Gasteiger partial charge is 0.119 e. The third-order valence-corrected chi connectivity index (χ3v) is 1.50. The largest absolute Gasteiger partial charge is 0.494 e. The summed E-state index contributed by atoms with van der Waals surface area (Å²) >= 11 is 0. The van der Waals surface area contributed by atoms with Gasteiger partial charge in [-0.25, -0.2) is 0 Å². The molecule has 3 N–H and O–H groups in total. The van der Waals surface area contributed by atoms with E-state index in [2.05, 4.69) is 11.8 Å². The van der Waals surface area contributed by atoms with Crippen molar-refractivity contribution in [1.29, 1.82) is 0 Å². The highest BCUT2D eigenvalue weighted by atomic mass is 16.5. The fourth-order valence-corrected chi connectivity index (χ4v) is 0.957. The predicted octanol–water partition coefficient (Wildman–Crippen LogP) is 0.827. The Balaban J connectivity index is 2.74. The Labute approximate surface area is 67.0 Å². The van der Waals surface area contributed by atoms with Crippen LogP contribution in [0.5, 0.6) is 5.75 Å². The minimum Gasteiger partial charge on any atom is -0.494 e. The van der Waals surface area contributed by atoms with Gasteiger partial charge in [-0.05, 0) is 19.1 Å². The van der Waals surface area contributed by atoms with Crippen molar-refractivity contribution in [2.75, 3.05) is 6.61 Å². The SMILES string of the molecule is CCOc1cccc(C[NH3+])c1. The molecule has 0 saturated heterocycles. The summed E-state index contributed by atoms with van der Waals surface area (Å²) in [4.78, 5) is 0. The summed E-state index contributed by atoms with van der Waals surface area (Å²) in [5.41, 5.74) is 5.02. The van der Waals surface area contributed by atoms with Crippen molar-refractivity contribution >= 4 is 0 Å². The normalized spacial score (nSPS) is 9.64. The molecular formula is C9H14NO+. The second-order valence-electron chi connectivity index (χ2n) is 2.33. The number of quaternary nitrogens is 1. The summed E-state index contributed by atoms with van der Waals surface area (Å²) in [6.45, 7) is 3.53. The van der Waals surface area contributed by atoms with Gasteiger partial charge < -0.3 is 10.5 Å². The van der Waals surface area contributed by atoms with Crippen LogP contribution in [0.4, 0.5) is 0 Å². The molecule has 0 aliphatic heterocycles. The van der Waals surface area contributed by atoms with Crippen LogP contribution in [0, 0.1) is 0 Å². The molecule has 2 nitrogen and oxygen atoms in total. The zero-order valence-corrected chi connectivity index (χ0v) is 6.84. The molecule has 11 heavy (non-hydrogen) atoms. The van der Waals surface area contributed by atoms with Crippen molar-refractivity contribution in [3.8, 4) is 5.75 Å². The standard InChI is InChI=1S/C9H13NO/c1-2-11-9-5-3-4-8(6-9)7-10/h3-6H,2,7,10H2,1H3/p+1. The van der Waals surface area contributed by atoms with Gasteiger partial charge in [0.05, 0.1) is 13.2 Å². The van der Waals surface area contributed by atoms with E-state index in [0.29, 0.717) is 0 Å². The number of hydrogen-bond acceptors (Lipinski definition) is 1. The average Bonchev–Trinajstić information content (AvgIpc) is 2.06. The van der Waals surface area contributed by atoms with Crippen LogP contribution in [0.3, 0.4) is 0 Å². The molecule has 0 heterocycles. The summed E-state index contributed by atoms with van der Waals surface area (Å²) < 4.78 is 5.32. The molecule has 0 unspecified atom stereocenters. The van der Waals surface area contributed by atoms with E-state index in [-0.39, 0.29) is 0 Å². The van der Waals surface area contributed by atoms with Gasteiger partial charge in [0.15, 0.2) is 0 Å². The molecule has 0 atom stereocenters. The lowest BCUT2D eigenvalue weighted by Gasteiger charge is -2.02. The van der Waals surface area contributed by atoms with E-state index in [1.165, 1.54) is 5.56 Å². The van der Waals surface area contributed by atoms with Gasteiger partial charge in [-0.3, -0.25) is 0 Å². The van der Waals surface area contributed by atoms with Gasteiger partial charge in [0.2, 0.25) is 0 Å². The van der Waals surface area contributed by atoms with Crippen LogP contribution in [-0.2, 0) is 6.54 Å². The first-order valence-corrected chi connectivity index (χ1v) is 3.87. The minimum absolute atomic E-state index is 0.723. The molecule has 0 aromatic heterocycles. The maximum absolute atomic E-state index is 5.32. The molecule has 0 aliphatic rings. The first-order valence-electron chi connectivity index (χ1n) is 3.87. The van der Waals surface area contributed by atoms with E-state index in [1.54, 1.807) is 0 Å². The molecule has 1 aromatic rings. The molecule has 60 valence electrons. The fourth-order valence-electron chi connectivity index (χ4n) is 0.957. The Hall–Kier alpha value is -1.02. The highest BCUT2D eigenvalue weighted by molar-refractivity contribution is 5.27. The van der Waals surface area contributed by atoms with Crippen molar-refractivity contribution in [3.05, 3.63) is 29.8 Å². The van der Waals surface area contributed by atoms with Crippen molar-refractivity contribution in [1.82, 2.24) is 0 Å². The number of hydrogen-bond donors (Lipinski definition) is 1. The van der Waals surface area contributed by atoms with Gasteiger partial charge in [-0.1, -0.05) is 12.1 Å². The van der Waals surface area contributed by atoms with E-state index in [0.717, 1.165) is 18.9 Å². The van der Waals surface area contributed by atoms with Gasteiger partial charge in [-0.2, -0.15) is 0 Å². The van der Waals surface area contributed by atoms with E-state index in [9.17, 15) is 0 Å². The Kier molecular flexibility index (Phi) is 2.93. The molecule has 1 rings (SSSR count). The van der Waals surface area contributed by atoms with Gasteiger partial charge in [-0.15, -0.1) is 0 Å². The Morgan fingerprint density at radius 2 is 2.27 bits per heavy atom. The number of rotatable bonds is 3. The maximum Gasteiger partial charge on any atom is 0.119 e. The highest BCUT2D eigenvalue weighted by Gasteiger charge is 1.93. The summed E-state index contributed by atoms with van der Waals surface area (Å²) in [6.07, 6.45) is 0. The van der Waals surface area contributed by atoms with E-state index in [1.807, 2.05) is 25.1 Å². The highest BCUT2D eigenvalue weighted by Crippen LogP contribution is 2.11. The minimum atomic E-state index is 0.723. The van der Waals surface area contributed by atoms with E-state index < -0.39 is 0 Å². The first-order chi connectivity index (χ1) is 5.36. The van der Waals surface area contributed by atoms with E-state index >= 15 is 0 Å². The zero-order valence-electron chi connectivity index (χ0n) is 6.84. The van der Waals surface area contributed by atoms with Crippen LogP contribution >= 0.6 is 0 Å². The maximum atomic E-state index is 5.32. The molecular weight excluding hydrogens is 138 g/mol. The fraction of sp³-hybridized carbons (Fsp3) is 0.333. The zero-order chi connectivity index (χ0) is 8.10. The van der Waals surface area contributed by atoms with Crippen molar-refractivity contribution in [3.63, 3.8) is 0 Å². The van der Waals surface area contributed by atoms with Crippen molar-refractivity contribution in [2.45, 2.75) is 13.5 Å². The Bertz CT molecular complexity index is 223. The van der Waals surface area contributed by atoms with Crippen LogP contribution in [0.1, 0.15) is 12.5 Å². The summed E-state index contributed by atoms with van der Waals surface area (Å²) in [5, 5.41) is 0. The topological polar surface area (TPSA) is 36.9 Å². The monoisotopic (exact) mass is 152 g/mol. The molecule has 0 aliphatic carbocycles. The number of ether oxygens (including phenoxy) is 1. The van der Waals surface area contributed by atoms with Crippen LogP contribution < -0.4 is 10.5 Å². The summed E-state index contributed by atoms with van der Waals surface area (Å²) in [5.74, 6) is 0.939. The number of benzene rings is 1. The van der Waals surface area contributed by atoms with Crippen LogP contribution in [0.15, 0.2) is 24.3 Å². The quantitative estimate of drug-likeness (QED) is 0.684.